The maximum absolute atomic E-state index is 9.00. The first-order chi connectivity index (χ1) is 1.73. The maximum atomic E-state index is 9.00. The summed E-state index contributed by atoms with van der Waals surface area (Å²) in [6, 6.07) is 0. The van der Waals surface area contributed by atoms with Crippen molar-refractivity contribution >= 4 is 5.97 Å². The largest absolute Gasteiger partial charge is 0.481 e. The minimum Gasteiger partial charge on any atom is -0.481 e. The van der Waals surface area contributed by atoms with Crippen molar-refractivity contribution in [2.24, 2.45) is 0 Å². The summed E-state index contributed by atoms with van der Waals surface area (Å²) >= 11 is 0. The van der Waals surface area contributed by atoms with E-state index in [1.165, 1.54) is 0 Å². The zero-order valence-corrected chi connectivity index (χ0v) is 6.70. The van der Waals surface area contributed by atoms with E-state index in [9.17, 15) is 0 Å². The molecule has 0 aromatic carbocycles. The van der Waals surface area contributed by atoms with Gasteiger partial charge in [-0.15, -0.1) is 0 Å². The third-order valence-electron chi connectivity index (χ3n) is 0. The van der Waals surface area contributed by atoms with Gasteiger partial charge in [0.2, 0.25) is 0 Å². The smallest absolute Gasteiger partial charge is 0.300 e. The Bertz CT molecular complexity index is 33.4. The summed E-state index contributed by atoms with van der Waals surface area (Å²) in [6.45, 7) is 1.08. The molecule has 1 N–H and O–H groups in total. The van der Waals surface area contributed by atoms with Crippen molar-refractivity contribution in [3.05, 3.63) is 7.43 Å². The molecule has 0 saturated carbocycles. The molecule has 0 bridgehead atoms. The molecule has 0 aromatic rings. The third kappa shape index (κ3) is 6540. The van der Waals surface area contributed by atoms with E-state index >= 15 is 0 Å². The molecule has 0 aliphatic carbocycles. The first-order valence-electron chi connectivity index (χ1n) is 0.928. The molecule has 2 nitrogen and oxygen atoms in total. The van der Waals surface area contributed by atoms with Crippen molar-refractivity contribution in [2.45, 2.75) is 21.8 Å². The second-order valence-electron chi connectivity index (χ2n) is 0.519. The van der Waals surface area contributed by atoms with Gasteiger partial charge in [0.05, 0.1) is 0 Å². The van der Waals surface area contributed by atoms with Gasteiger partial charge >= 0.3 is 0 Å². The van der Waals surface area contributed by atoms with Crippen LogP contribution in [-0.4, -0.2) is 11.1 Å². The first kappa shape index (κ1) is 41.9. The Morgan fingerprint density at radius 3 is 1.38 bits per heavy atom. The Balaban J connectivity index is -0.00000000750. The summed E-state index contributed by atoms with van der Waals surface area (Å²) < 4.78 is 0. The fraction of sp³-hybridized carbons (Fsp3) is 0.600. The molecule has 0 aliphatic heterocycles. The van der Waals surface area contributed by atoms with E-state index in [-0.39, 0.29) is 43.3 Å². The van der Waals surface area contributed by atoms with Gasteiger partial charge in [0, 0.05) is 28.0 Å². The maximum Gasteiger partial charge on any atom is 0.300 e. The van der Waals surface area contributed by atoms with Crippen LogP contribution in [0.15, 0.2) is 0 Å². The fourth-order valence-electron chi connectivity index (χ4n) is 0. The van der Waals surface area contributed by atoms with E-state index in [2.05, 4.69) is 0 Å². The Hall–Kier alpha value is 0.158. The predicted octanol–water partition coefficient (Wildman–Crippen LogP) is 1.81. The van der Waals surface area contributed by atoms with Crippen molar-refractivity contribution in [1.29, 1.82) is 0 Å². The zero-order chi connectivity index (χ0) is 3.58. The summed E-state index contributed by atoms with van der Waals surface area (Å²) in [4.78, 5) is 9.00. The topological polar surface area (TPSA) is 37.3 Å². The Morgan fingerprint density at radius 2 is 1.38 bits per heavy atom. The number of carboxylic acid groups (broad SMARTS) is 1. The number of carboxylic acids is 1. The number of hydrogen-bond acceptors (Lipinski definition) is 1. The molecule has 0 heterocycles. The second-order valence-corrected chi connectivity index (χ2v) is 0.519. The Kier molecular flexibility index (Phi) is 143. The van der Waals surface area contributed by atoms with Gasteiger partial charge in [0.15, 0.2) is 0 Å². The normalized spacial score (nSPS) is 3.12. The van der Waals surface area contributed by atoms with Crippen molar-refractivity contribution < 1.29 is 31.0 Å². The van der Waals surface area contributed by atoms with Gasteiger partial charge in [0.1, 0.15) is 0 Å². The molecular formula is C5H15O2W-. The van der Waals surface area contributed by atoms with Crippen LogP contribution in [0.3, 0.4) is 0 Å². The molecule has 0 aliphatic rings. The van der Waals surface area contributed by atoms with Crippen LogP contribution in [-0.2, 0) is 25.9 Å². The van der Waals surface area contributed by atoms with Crippen LogP contribution in [0.1, 0.15) is 21.8 Å². The molecule has 0 amide bonds. The molecule has 0 saturated heterocycles. The standard InChI is InChI=1S/C2H4O2.2CH4.CH3.W/c1-2(3)4;;;;/h1H3,(H,3,4);2*1H4;1H3;/q;;;-1;. The molecule has 0 atom stereocenters. The van der Waals surface area contributed by atoms with Gasteiger partial charge in [-0.3, -0.25) is 4.79 Å². The van der Waals surface area contributed by atoms with E-state index in [0.717, 1.165) is 6.92 Å². The average molecular weight is 291 g/mol. The van der Waals surface area contributed by atoms with Crippen molar-refractivity contribution in [3.63, 3.8) is 0 Å². The fourth-order valence-corrected chi connectivity index (χ4v) is 0. The van der Waals surface area contributed by atoms with Crippen molar-refractivity contribution in [2.75, 3.05) is 0 Å². The van der Waals surface area contributed by atoms with Crippen LogP contribution in [0.4, 0.5) is 0 Å². The second kappa shape index (κ2) is 27.2. The van der Waals surface area contributed by atoms with E-state index in [0.29, 0.717) is 0 Å². The van der Waals surface area contributed by atoms with E-state index in [4.69, 9.17) is 9.90 Å². The van der Waals surface area contributed by atoms with Gasteiger partial charge < -0.3 is 12.5 Å². The summed E-state index contributed by atoms with van der Waals surface area (Å²) in [5.74, 6) is -0.833. The van der Waals surface area contributed by atoms with Gasteiger partial charge in [-0.25, -0.2) is 0 Å². The number of carbonyl (C=O) groups is 1. The SMILES string of the molecule is C.C.CC(=O)O.[CH3-].[W]. The van der Waals surface area contributed by atoms with Crippen LogP contribution in [0.5, 0.6) is 0 Å². The molecule has 8 heavy (non-hydrogen) atoms. The molecule has 0 fully saturated rings. The summed E-state index contributed by atoms with van der Waals surface area (Å²) in [5, 5.41) is 7.42. The average Bonchev–Trinajstić information content (AvgIpc) is 0.811. The van der Waals surface area contributed by atoms with Crippen LogP contribution in [0, 0.1) is 7.43 Å². The number of rotatable bonds is 0. The molecule has 54 valence electrons. The molecule has 0 unspecified atom stereocenters. The zero-order valence-electron chi connectivity index (χ0n) is 3.76. The van der Waals surface area contributed by atoms with E-state index in [1.54, 1.807) is 0 Å². The van der Waals surface area contributed by atoms with Crippen LogP contribution >= 0.6 is 0 Å². The van der Waals surface area contributed by atoms with Gasteiger partial charge in [-0.2, -0.15) is 0 Å². The molecule has 3 heteroatoms. The monoisotopic (exact) mass is 291 g/mol. The minimum absolute atomic E-state index is 0. The Labute approximate surface area is 66.6 Å². The summed E-state index contributed by atoms with van der Waals surface area (Å²) in [7, 11) is 0. The third-order valence-corrected chi connectivity index (χ3v) is 0. The van der Waals surface area contributed by atoms with Crippen LogP contribution in [0.25, 0.3) is 0 Å². The number of hydrogen-bond donors (Lipinski definition) is 1. The van der Waals surface area contributed by atoms with E-state index < -0.39 is 5.97 Å². The van der Waals surface area contributed by atoms with Crippen molar-refractivity contribution in [1.82, 2.24) is 0 Å². The van der Waals surface area contributed by atoms with Gasteiger partial charge in [-0.1, -0.05) is 14.9 Å². The quantitative estimate of drug-likeness (QED) is 0.691. The Morgan fingerprint density at radius 1 is 1.38 bits per heavy atom. The van der Waals surface area contributed by atoms with Crippen molar-refractivity contribution in [3.8, 4) is 0 Å². The van der Waals surface area contributed by atoms with Gasteiger partial charge in [-0.05, 0) is 0 Å². The van der Waals surface area contributed by atoms with E-state index in [1.807, 2.05) is 0 Å². The molecular weight excluding hydrogens is 276 g/mol. The predicted molar refractivity (Wildman–Crippen MR) is 33.2 cm³/mol. The summed E-state index contributed by atoms with van der Waals surface area (Å²) in [6.07, 6.45) is 0. The first-order valence-corrected chi connectivity index (χ1v) is 0.928. The van der Waals surface area contributed by atoms with Crippen LogP contribution in [0.2, 0.25) is 0 Å². The molecule has 0 radical (unpaired) electrons. The summed E-state index contributed by atoms with van der Waals surface area (Å²) in [5.41, 5.74) is 0. The molecule has 0 rings (SSSR count). The molecule has 0 aromatic heterocycles. The van der Waals surface area contributed by atoms with Gasteiger partial charge in [0.25, 0.3) is 5.97 Å². The van der Waals surface area contributed by atoms with Crippen LogP contribution < -0.4 is 0 Å². The number of aliphatic carboxylic acids is 1. The minimum atomic E-state index is -0.833. The molecule has 0 spiro atoms.